The highest BCUT2D eigenvalue weighted by Gasteiger charge is 2.49. The lowest BCUT2D eigenvalue weighted by Gasteiger charge is -2.43. The van der Waals surface area contributed by atoms with Crippen LogP contribution >= 0.6 is 0 Å². The van der Waals surface area contributed by atoms with Crippen molar-refractivity contribution in [2.45, 2.75) is 24.7 Å². The zero-order chi connectivity index (χ0) is 32.3. The van der Waals surface area contributed by atoms with Gasteiger partial charge in [0, 0.05) is 68.8 Å². The van der Waals surface area contributed by atoms with Gasteiger partial charge in [-0.25, -0.2) is 9.97 Å². The number of carbonyl (C=O) groups is 1. The van der Waals surface area contributed by atoms with Crippen LogP contribution in [0.25, 0.3) is 11.4 Å². The first-order valence-corrected chi connectivity index (χ1v) is 15.1. The van der Waals surface area contributed by atoms with Crippen LogP contribution in [-0.2, 0) is 9.53 Å². The van der Waals surface area contributed by atoms with Crippen LogP contribution < -0.4 is 15.0 Å². The summed E-state index contributed by atoms with van der Waals surface area (Å²) >= 11 is 0. The summed E-state index contributed by atoms with van der Waals surface area (Å²) in [5.41, 5.74) is 2.51. The van der Waals surface area contributed by atoms with Gasteiger partial charge >= 0.3 is 6.18 Å². The van der Waals surface area contributed by atoms with Crippen LogP contribution in [0, 0.1) is 17.2 Å². The number of piperazine rings is 1. The second kappa shape index (κ2) is 13.5. The van der Waals surface area contributed by atoms with E-state index in [4.69, 9.17) is 14.6 Å². The van der Waals surface area contributed by atoms with E-state index in [2.05, 4.69) is 37.2 Å². The fourth-order valence-corrected chi connectivity index (χ4v) is 5.98. The Morgan fingerprint density at radius 1 is 1.09 bits per heavy atom. The number of aliphatic hydroxyl groups excluding tert-OH is 1. The smallest absolute Gasteiger partial charge is 0.397 e. The van der Waals surface area contributed by atoms with E-state index in [1.54, 1.807) is 18.3 Å². The highest BCUT2D eigenvalue weighted by atomic mass is 19.4. The number of hydrogen-bond donors (Lipinski definition) is 2. The molecule has 2 N–H and O–H groups in total. The fraction of sp³-hybridized carbons (Fsp3) is 0.438. The molecule has 3 aliphatic rings. The molecule has 11 nitrogen and oxygen atoms in total. The fourth-order valence-electron chi connectivity index (χ4n) is 5.98. The van der Waals surface area contributed by atoms with Crippen LogP contribution in [-0.4, -0.2) is 108 Å². The highest BCUT2D eigenvalue weighted by molar-refractivity contribution is 5.77. The molecule has 3 saturated heterocycles. The summed E-state index contributed by atoms with van der Waals surface area (Å²) in [5, 5.41) is 22.2. The maximum absolute atomic E-state index is 13.9. The number of aromatic nitrogens is 2. The van der Waals surface area contributed by atoms with Crippen molar-refractivity contribution >= 4 is 23.1 Å². The molecule has 46 heavy (non-hydrogen) atoms. The average Bonchev–Trinajstić information content (AvgIpc) is 3.04. The second-order valence-electron chi connectivity index (χ2n) is 11.6. The van der Waals surface area contributed by atoms with Crippen molar-refractivity contribution in [1.29, 1.82) is 5.26 Å². The number of anilines is 3. The Bertz CT molecular complexity index is 1570. The minimum atomic E-state index is -4.64. The molecular weight excluding hydrogens is 603 g/mol. The number of nitriles is 1. The van der Waals surface area contributed by atoms with Crippen molar-refractivity contribution in [2.24, 2.45) is 5.92 Å². The molecule has 242 valence electrons. The molecule has 0 spiro atoms. The largest absolute Gasteiger partial charge is 0.488 e. The minimum absolute atomic E-state index is 0.000252. The first-order valence-electron chi connectivity index (χ1n) is 15.1. The molecule has 0 radical (unpaired) electrons. The summed E-state index contributed by atoms with van der Waals surface area (Å²) < 4.78 is 52.7. The molecule has 0 bridgehead atoms. The van der Waals surface area contributed by atoms with Crippen LogP contribution in [0.15, 0.2) is 54.7 Å². The molecule has 1 amide bonds. The summed E-state index contributed by atoms with van der Waals surface area (Å²) in [4.78, 5) is 26.6. The van der Waals surface area contributed by atoms with Gasteiger partial charge < -0.3 is 29.7 Å². The van der Waals surface area contributed by atoms with Crippen molar-refractivity contribution < 1.29 is 32.5 Å². The number of rotatable bonds is 8. The lowest BCUT2D eigenvalue weighted by Crippen LogP contribution is -2.56. The Kier molecular flexibility index (Phi) is 9.25. The Balaban J connectivity index is 1.11. The van der Waals surface area contributed by atoms with Gasteiger partial charge in [-0.05, 0) is 48.5 Å². The number of aliphatic hydroxyl groups is 1. The molecule has 3 fully saturated rings. The van der Waals surface area contributed by atoms with E-state index in [-0.39, 0.29) is 24.3 Å². The van der Waals surface area contributed by atoms with Gasteiger partial charge in [-0.3, -0.25) is 9.69 Å². The molecule has 3 aliphatic heterocycles. The Morgan fingerprint density at radius 2 is 1.85 bits per heavy atom. The van der Waals surface area contributed by atoms with E-state index in [0.717, 1.165) is 55.7 Å². The van der Waals surface area contributed by atoms with Gasteiger partial charge in [0.25, 0.3) is 0 Å². The van der Waals surface area contributed by atoms with Crippen molar-refractivity contribution in [3.05, 3.63) is 60.3 Å². The third-order valence-electron chi connectivity index (χ3n) is 8.71. The number of ether oxygens (including phenoxy) is 2. The number of benzene rings is 2. The maximum atomic E-state index is 13.9. The first kappa shape index (κ1) is 31.5. The third-order valence-corrected chi connectivity index (χ3v) is 8.71. The van der Waals surface area contributed by atoms with Crippen molar-refractivity contribution in [3.8, 4) is 23.2 Å². The molecule has 2 aromatic carbocycles. The molecule has 1 aromatic heterocycles. The average molecular weight is 638 g/mol. The summed E-state index contributed by atoms with van der Waals surface area (Å²) in [6, 6.07) is 16.9. The molecular formula is C32H34F3N7O4. The minimum Gasteiger partial charge on any atom is -0.488 e. The molecule has 0 saturated carbocycles. The molecule has 0 aliphatic carbocycles. The van der Waals surface area contributed by atoms with Gasteiger partial charge in [-0.15, -0.1) is 0 Å². The quantitative estimate of drug-likeness (QED) is 0.379. The third kappa shape index (κ3) is 7.01. The first-order chi connectivity index (χ1) is 22.2. The van der Waals surface area contributed by atoms with Crippen LogP contribution in [0.2, 0.25) is 0 Å². The number of piperidine rings is 1. The van der Waals surface area contributed by atoms with Gasteiger partial charge in [-0.2, -0.15) is 18.4 Å². The standard InChI is InChI=1S/C32H34F3N7O4/c33-32(34,35)26-17-42(30(44)18-43)10-8-28(26)46-27-6-1-21(15-22(27)16-36)31-37-9-7-29(39-31)38-23-2-4-24(5-3-23)40-11-13-41(14-12-40)25-19-45-20-25/h1-7,9,15,25-26,28,43H,8,10-14,17-20H2,(H,37,38,39)/t26-,28-/m0/s1. The SMILES string of the molecule is N#Cc1cc(-c2nccc(Nc3ccc(N4CCN(C5COC5)CC4)cc3)n2)ccc1O[C@H]1CCN(C(=O)CO)C[C@@H]1C(F)(F)F. The summed E-state index contributed by atoms with van der Waals surface area (Å²) in [6.45, 7) is 4.11. The van der Waals surface area contributed by atoms with E-state index in [1.807, 2.05) is 18.2 Å². The van der Waals surface area contributed by atoms with Gasteiger partial charge in [0.15, 0.2) is 5.82 Å². The second-order valence-corrected chi connectivity index (χ2v) is 11.6. The number of alkyl halides is 3. The summed E-state index contributed by atoms with van der Waals surface area (Å²) in [5.74, 6) is -1.89. The summed E-state index contributed by atoms with van der Waals surface area (Å²) in [6.07, 6.45) is -4.47. The predicted molar refractivity (Wildman–Crippen MR) is 163 cm³/mol. The van der Waals surface area contributed by atoms with Crippen LogP contribution in [0.5, 0.6) is 5.75 Å². The number of carbonyl (C=O) groups excluding carboxylic acids is 1. The van der Waals surface area contributed by atoms with Crippen LogP contribution in [0.1, 0.15) is 12.0 Å². The van der Waals surface area contributed by atoms with E-state index < -0.39 is 37.3 Å². The zero-order valence-corrected chi connectivity index (χ0v) is 25.0. The van der Waals surface area contributed by atoms with Crippen LogP contribution in [0.3, 0.4) is 0 Å². The Hall–Kier alpha value is -4.45. The number of hydrogen-bond acceptors (Lipinski definition) is 10. The molecule has 6 rings (SSSR count). The molecule has 3 aromatic rings. The maximum Gasteiger partial charge on any atom is 0.397 e. The Labute approximate surface area is 264 Å². The monoisotopic (exact) mass is 637 g/mol. The number of amides is 1. The normalized spacial score (nSPS) is 20.9. The van der Waals surface area contributed by atoms with E-state index in [9.17, 15) is 23.2 Å². The van der Waals surface area contributed by atoms with Gasteiger partial charge in [0.2, 0.25) is 5.91 Å². The zero-order valence-electron chi connectivity index (χ0n) is 25.0. The van der Waals surface area contributed by atoms with Crippen molar-refractivity contribution in [3.63, 3.8) is 0 Å². The lowest BCUT2D eigenvalue weighted by molar-refractivity contribution is -0.210. The molecule has 2 atom stereocenters. The number of nitrogens with zero attached hydrogens (tertiary/aromatic N) is 6. The van der Waals surface area contributed by atoms with E-state index >= 15 is 0 Å². The topological polar surface area (TPSA) is 127 Å². The van der Waals surface area contributed by atoms with E-state index in [0.29, 0.717) is 23.2 Å². The summed E-state index contributed by atoms with van der Waals surface area (Å²) in [7, 11) is 0. The van der Waals surface area contributed by atoms with Crippen molar-refractivity contribution in [1.82, 2.24) is 19.8 Å². The van der Waals surface area contributed by atoms with Gasteiger partial charge in [0.1, 0.15) is 36.3 Å². The Morgan fingerprint density at radius 3 is 2.50 bits per heavy atom. The number of halogens is 3. The highest BCUT2D eigenvalue weighted by Crippen LogP contribution is 2.37. The van der Waals surface area contributed by atoms with E-state index in [1.165, 1.54) is 12.1 Å². The van der Waals surface area contributed by atoms with Gasteiger partial charge in [0.05, 0.1) is 24.8 Å². The van der Waals surface area contributed by atoms with Crippen LogP contribution in [0.4, 0.5) is 30.4 Å². The number of nitrogens with one attached hydrogen (secondary N) is 1. The van der Waals surface area contributed by atoms with Crippen molar-refractivity contribution in [2.75, 3.05) is 69.3 Å². The molecule has 14 heteroatoms. The molecule has 4 heterocycles. The van der Waals surface area contributed by atoms with Gasteiger partial charge in [-0.1, -0.05) is 0 Å². The lowest BCUT2D eigenvalue weighted by atomic mass is 9.93. The number of likely N-dealkylation sites (tertiary alicyclic amines) is 1. The predicted octanol–water partition coefficient (Wildman–Crippen LogP) is 3.43. The molecule has 0 unspecified atom stereocenters.